The monoisotopic (exact) mass is 358 g/mol. The van der Waals surface area contributed by atoms with Crippen LogP contribution in [-0.2, 0) is 14.3 Å². The molecule has 2 aromatic rings. The van der Waals surface area contributed by atoms with Gasteiger partial charge in [0.1, 0.15) is 0 Å². The van der Waals surface area contributed by atoms with Crippen molar-refractivity contribution in [2.24, 2.45) is 11.8 Å². The van der Waals surface area contributed by atoms with Crippen molar-refractivity contribution < 1.29 is 14.3 Å². The van der Waals surface area contributed by atoms with Crippen LogP contribution < -0.4 is 0 Å². The van der Waals surface area contributed by atoms with Crippen LogP contribution in [0.4, 0.5) is 0 Å². The average Bonchev–Trinajstić information content (AvgIpc) is 3.21. The maximum Gasteiger partial charge on any atom is 0.309 e. The average molecular weight is 358 g/mol. The molecule has 1 aliphatic heterocycles. The van der Waals surface area contributed by atoms with Crippen LogP contribution in [0.2, 0.25) is 0 Å². The van der Waals surface area contributed by atoms with E-state index in [4.69, 9.17) is 9.72 Å². The molecule has 0 N–H and O–H groups in total. The highest BCUT2D eigenvalue weighted by atomic mass is 32.1. The first kappa shape index (κ1) is 16.5. The summed E-state index contributed by atoms with van der Waals surface area (Å²) in [6.45, 7) is 3.29. The van der Waals surface area contributed by atoms with Gasteiger partial charge in [-0.3, -0.25) is 9.59 Å². The van der Waals surface area contributed by atoms with Crippen molar-refractivity contribution in [2.75, 3.05) is 19.7 Å². The van der Waals surface area contributed by atoms with E-state index in [0.717, 1.165) is 36.3 Å². The van der Waals surface area contributed by atoms with Crippen LogP contribution in [-0.4, -0.2) is 41.5 Å². The van der Waals surface area contributed by atoms with Gasteiger partial charge in [-0.25, -0.2) is 4.98 Å². The van der Waals surface area contributed by atoms with Gasteiger partial charge in [-0.1, -0.05) is 19.1 Å². The van der Waals surface area contributed by atoms with Gasteiger partial charge in [0.25, 0.3) is 5.91 Å². The number of fused-ring (bicyclic) bond motifs is 1. The van der Waals surface area contributed by atoms with Crippen molar-refractivity contribution in [2.45, 2.75) is 32.1 Å². The van der Waals surface area contributed by atoms with E-state index in [1.165, 1.54) is 4.70 Å². The molecule has 1 aromatic heterocycles. The highest BCUT2D eigenvalue weighted by molar-refractivity contribution is 7.18. The van der Waals surface area contributed by atoms with Crippen LogP contribution in [0, 0.1) is 11.8 Å². The van der Waals surface area contributed by atoms with Gasteiger partial charge in [0.2, 0.25) is 0 Å². The predicted molar refractivity (Wildman–Crippen MR) is 96.4 cm³/mol. The zero-order valence-electron chi connectivity index (χ0n) is 14.3. The summed E-state index contributed by atoms with van der Waals surface area (Å²) in [5, 5.41) is 1.10. The molecule has 5 nitrogen and oxygen atoms in total. The molecule has 2 heterocycles. The molecule has 6 heteroatoms. The van der Waals surface area contributed by atoms with Gasteiger partial charge in [-0.15, -0.1) is 11.3 Å². The molecule has 132 valence electrons. The minimum Gasteiger partial charge on any atom is -0.455 e. The van der Waals surface area contributed by atoms with Gasteiger partial charge in [0, 0.05) is 19.0 Å². The molecule has 1 saturated heterocycles. The molecule has 0 unspecified atom stereocenters. The molecule has 1 amide bonds. The van der Waals surface area contributed by atoms with Crippen LogP contribution >= 0.6 is 11.3 Å². The zero-order chi connectivity index (χ0) is 17.4. The summed E-state index contributed by atoms with van der Waals surface area (Å²) in [5.74, 6) is 0.368. The lowest BCUT2D eigenvalue weighted by atomic mass is 9.99. The third-order valence-corrected chi connectivity index (χ3v) is 6.38. The summed E-state index contributed by atoms with van der Waals surface area (Å²) in [6, 6.07) is 8.13. The van der Waals surface area contributed by atoms with Crippen LogP contribution in [0.1, 0.15) is 37.1 Å². The van der Waals surface area contributed by atoms with Crippen molar-refractivity contribution in [3.05, 3.63) is 29.3 Å². The normalized spacial score (nSPS) is 25.8. The number of hydrogen-bond acceptors (Lipinski definition) is 5. The third-order valence-electron chi connectivity index (χ3n) is 5.18. The van der Waals surface area contributed by atoms with E-state index < -0.39 is 0 Å². The van der Waals surface area contributed by atoms with Crippen molar-refractivity contribution in [1.29, 1.82) is 0 Å². The molecule has 2 fully saturated rings. The first-order valence-corrected chi connectivity index (χ1v) is 9.73. The van der Waals surface area contributed by atoms with E-state index in [-0.39, 0.29) is 30.3 Å². The quantitative estimate of drug-likeness (QED) is 0.788. The highest BCUT2D eigenvalue weighted by Crippen LogP contribution is 2.38. The van der Waals surface area contributed by atoms with E-state index in [1.807, 2.05) is 30.0 Å². The first-order chi connectivity index (χ1) is 12.1. The zero-order valence-corrected chi connectivity index (χ0v) is 15.1. The number of hydrogen-bond donors (Lipinski definition) is 0. The Morgan fingerprint density at radius 2 is 2.16 bits per heavy atom. The number of thiazole rings is 1. The summed E-state index contributed by atoms with van der Waals surface area (Å²) < 4.78 is 6.39. The topological polar surface area (TPSA) is 59.5 Å². The highest BCUT2D eigenvalue weighted by Gasteiger charge is 2.41. The second kappa shape index (κ2) is 6.75. The molecule has 1 aliphatic carbocycles. The van der Waals surface area contributed by atoms with Gasteiger partial charge in [0.05, 0.1) is 21.1 Å². The number of carbonyl (C=O) groups excluding carboxylic acids is 2. The molecule has 0 spiro atoms. The fourth-order valence-electron chi connectivity index (χ4n) is 3.45. The van der Waals surface area contributed by atoms with Gasteiger partial charge in [-0.2, -0.15) is 0 Å². The van der Waals surface area contributed by atoms with E-state index in [2.05, 4.69) is 6.07 Å². The number of ether oxygens (including phenoxy) is 1. The molecule has 2 aliphatic rings. The van der Waals surface area contributed by atoms with E-state index >= 15 is 0 Å². The number of likely N-dealkylation sites (tertiary alicyclic amines) is 1. The summed E-state index contributed by atoms with van der Waals surface area (Å²) in [7, 11) is 0. The predicted octanol–water partition coefficient (Wildman–Crippen LogP) is 3.20. The van der Waals surface area contributed by atoms with E-state index in [9.17, 15) is 9.59 Å². The van der Waals surface area contributed by atoms with Gasteiger partial charge in [-0.05, 0) is 37.3 Å². The van der Waals surface area contributed by atoms with Crippen molar-refractivity contribution >= 4 is 33.4 Å². The molecule has 1 saturated carbocycles. The summed E-state index contributed by atoms with van der Waals surface area (Å²) in [5.41, 5.74) is 1.03. The lowest BCUT2D eigenvalue weighted by molar-refractivity contribution is -0.153. The number of piperidine rings is 1. The van der Waals surface area contributed by atoms with Crippen molar-refractivity contribution in [1.82, 2.24) is 9.88 Å². The number of carbonyl (C=O) groups is 2. The first-order valence-electron chi connectivity index (χ1n) is 8.91. The maximum absolute atomic E-state index is 12.4. The lowest BCUT2D eigenvalue weighted by Gasteiger charge is -2.31. The fraction of sp³-hybridized carbons (Fsp3) is 0.526. The smallest absolute Gasteiger partial charge is 0.309 e. The molecular formula is C19H22N2O3S. The molecule has 4 rings (SSSR count). The molecule has 0 radical (unpaired) electrons. The van der Waals surface area contributed by atoms with Crippen LogP contribution in [0.25, 0.3) is 10.2 Å². The number of amides is 1. The van der Waals surface area contributed by atoms with Gasteiger partial charge >= 0.3 is 5.97 Å². The van der Waals surface area contributed by atoms with Crippen LogP contribution in [0.5, 0.6) is 0 Å². The number of aromatic nitrogens is 1. The number of nitrogens with zero attached hydrogens (tertiary/aromatic N) is 2. The van der Waals surface area contributed by atoms with Gasteiger partial charge < -0.3 is 9.64 Å². The Kier molecular flexibility index (Phi) is 4.46. The molecule has 1 aromatic carbocycles. The Balaban J connectivity index is 1.36. The number of rotatable bonds is 4. The van der Waals surface area contributed by atoms with E-state index in [1.54, 1.807) is 11.3 Å². The van der Waals surface area contributed by atoms with Crippen molar-refractivity contribution in [3.8, 4) is 0 Å². The Morgan fingerprint density at radius 3 is 2.92 bits per heavy atom. The summed E-state index contributed by atoms with van der Waals surface area (Å²) in [6.07, 6.45) is 2.89. The second-order valence-electron chi connectivity index (χ2n) is 7.13. The van der Waals surface area contributed by atoms with Crippen LogP contribution in [0.3, 0.4) is 0 Å². The molecule has 0 bridgehead atoms. The van der Waals surface area contributed by atoms with Crippen LogP contribution in [0.15, 0.2) is 24.3 Å². The molecule has 3 atom stereocenters. The summed E-state index contributed by atoms with van der Waals surface area (Å²) >= 11 is 1.71. The third kappa shape index (κ3) is 3.54. The minimum absolute atomic E-state index is 0.00431. The minimum atomic E-state index is -0.222. The van der Waals surface area contributed by atoms with Gasteiger partial charge in [0.15, 0.2) is 6.61 Å². The maximum atomic E-state index is 12.4. The van der Waals surface area contributed by atoms with Crippen molar-refractivity contribution in [3.63, 3.8) is 0 Å². The standard InChI is InChI=1S/C19H22N2O3S/c1-12-9-14(12)19(23)24-11-17(22)21-8-4-5-13(10-21)18-20-15-6-2-3-7-16(15)25-18/h2-3,6-7,12-14H,4-5,8-11H2,1H3/t12-,13-,14+/m0/s1. The Bertz CT molecular complexity index is 770. The SMILES string of the molecule is C[C@H]1C[C@H]1C(=O)OCC(=O)N1CCC[C@H](c2nc3ccccc3s2)C1. The fourth-order valence-corrected chi connectivity index (χ4v) is 4.54. The Labute approximate surface area is 151 Å². The number of esters is 1. The number of para-hydroxylation sites is 1. The largest absolute Gasteiger partial charge is 0.455 e. The Morgan fingerprint density at radius 1 is 1.36 bits per heavy atom. The summed E-state index contributed by atoms with van der Waals surface area (Å²) in [4.78, 5) is 30.8. The molecular weight excluding hydrogens is 336 g/mol. The second-order valence-corrected chi connectivity index (χ2v) is 8.19. The lowest BCUT2D eigenvalue weighted by Crippen LogP contribution is -2.41. The molecule has 25 heavy (non-hydrogen) atoms. The van der Waals surface area contributed by atoms with E-state index in [0.29, 0.717) is 12.5 Å². The number of benzene rings is 1. The Hall–Kier alpha value is -1.95.